The zero-order chi connectivity index (χ0) is 13.2. The third-order valence-corrected chi connectivity index (χ3v) is 4.86. The minimum atomic E-state index is -0.0685. The lowest BCUT2D eigenvalue weighted by Crippen LogP contribution is -2.28. The van der Waals surface area contributed by atoms with Gasteiger partial charge in [-0.2, -0.15) is 0 Å². The summed E-state index contributed by atoms with van der Waals surface area (Å²) in [5.74, 6) is 2.13. The average molecular weight is 326 g/mol. The Labute approximate surface area is 122 Å². The zero-order valence-corrected chi connectivity index (χ0v) is 12.6. The molecule has 0 aromatic heterocycles. The van der Waals surface area contributed by atoms with Crippen molar-refractivity contribution in [2.75, 3.05) is 26.2 Å². The predicted octanol–water partition coefficient (Wildman–Crippen LogP) is 2.53. The van der Waals surface area contributed by atoms with Crippen LogP contribution in [0.25, 0.3) is 0 Å². The molecule has 2 aliphatic rings. The number of nitrogens with zero attached hydrogens (tertiary/aromatic N) is 1. The topological polar surface area (TPSA) is 32.7 Å². The van der Waals surface area contributed by atoms with E-state index in [9.17, 15) is 5.11 Å². The van der Waals surface area contributed by atoms with Gasteiger partial charge in [-0.3, -0.25) is 4.90 Å². The summed E-state index contributed by atoms with van der Waals surface area (Å²) in [6.07, 6.45) is 2.12. The van der Waals surface area contributed by atoms with Crippen molar-refractivity contribution >= 4 is 15.9 Å². The van der Waals surface area contributed by atoms with E-state index in [0.29, 0.717) is 18.4 Å². The zero-order valence-electron chi connectivity index (χ0n) is 11.0. The van der Waals surface area contributed by atoms with E-state index < -0.39 is 0 Å². The van der Waals surface area contributed by atoms with E-state index in [-0.39, 0.29) is 6.10 Å². The van der Waals surface area contributed by atoms with Crippen molar-refractivity contribution in [2.45, 2.75) is 18.9 Å². The fourth-order valence-electron chi connectivity index (χ4n) is 3.36. The average Bonchev–Trinajstić information content (AvgIpc) is 2.92. The Morgan fingerprint density at radius 3 is 3.00 bits per heavy atom. The Morgan fingerprint density at radius 1 is 1.32 bits per heavy atom. The summed E-state index contributed by atoms with van der Waals surface area (Å²) in [6, 6.07) is 7.95. The minimum Gasteiger partial charge on any atom is -0.492 e. The molecule has 3 atom stereocenters. The Hall–Kier alpha value is -0.580. The third kappa shape index (κ3) is 3.12. The molecule has 0 amide bonds. The van der Waals surface area contributed by atoms with Gasteiger partial charge in [0, 0.05) is 30.0 Å². The maximum atomic E-state index is 9.89. The molecule has 1 saturated carbocycles. The monoisotopic (exact) mass is 325 g/mol. The molecule has 3 unspecified atom stereocenters. The molecule has 1 aliphatic heterocycles. The van der Waals surface area contributed by atoms with Crippen LogP contribution in [0.4, 0.5) is 0 Å². The summed E-state index contributed by atoms with van der Waals surface area (Å²) in [4.78, 5) is 2.43. The van der Waals surface area contributed by atoms with Gasteiger partial charge in [0.05, 0.1) is 6.10 Å². The van der Waals surface area contributed by atoms with Crippen LogP contribution in [0.3, 0.4) is 0 Å². The van der Waals surface area contributed by atoms with Gasteiger partial charge in [-0.15, -0.1) is 0 Å². The van der Waals surface area contributed by atoms with E-state index >= 15 is 0 Å². The highest BCUT2D eigenvalue weighted by Gasteiger charge is 2.41. The number of likely N-dealkylation sites (tertiary alicyclic amines) is 1. The maximum Gasteiger partial charge on any atom is 0.120 e. The smallest absolute Gasteiger partial charge is 0.120 e. The van der Waals surface area contributed by atoms with Gasteiger partial charge in [0.15, 0.2) is 0 Å². The summed E-state index contributed by atoms with van der Waals surface area (Å²) in [7, 11) is 0. The molecule has 2 fully saturated rings. The van der Waals surface area contributed by atoms with Crippen LogP contribution >= 0.6 is 15.9 Å². The Bertz CT molecular complexity index is 440. The standard InChI is InChI=1S/C15H20BrNO2/c16-12-2-1-3-13(8-12)19-7-6-17-9-11-4-5-15(18)14(11)10-17/h1-3,8,11,14-15,18H,4-7,9-10H2. The van der Waals surface area contributed by atoms with Crippen LogP contribution in [0.15, 0.2) is 28.7 Å². The summed E-state index contributed by atoms with van der Waals surface area (Å²) in [6.45, 7) is 3.83. The molecule has 1 aromatic carbocycles. The first kappa shape index (κ1) is 13.4. The largest absolute Gasteiger partial charge is 0.492 e. The van der Waals surface area contributed by atoms with Gasteiger partial charge in [0.2, 0.25) is 0 Å². The Kier molecular flexibility index (Phi) is 4.10. The van der Waals surface area contributed by atoms with Crippen molar-refractivity contribution in [3.8, 4) is 5.75 Å². The number of fused-ring (bicyclic) bond motifs is 1. The number of aliphatic hydroxyl groups excluding tert-OH is 1. The molecule has 3 rings (SSSR count). The van der Waals surface area contributed by atoms with Crippen molar-refractivity contribution in [2.24, 2.45) is 11.8 Å². The van der Waals surface area contributed by atoms with Crippen LogP contribution in [0, 0.1) is 11.8 Å². The number of rotatable bonds is 4. The van der Waals surface area contributed by atoms with Crippen LogP contribution in [0.5, 0.6) is 5.75 Å². The lowest BCUT2D eigenvalue weighted by atomic mass is 10.00. The molecule has 4 heteroatoms. The Morgan fingerprint density at radius 2 is 2.21 bits per heavy atom. The third-order valence-electron chi connectivity index (χ3n) is 4.37. The molecular formula is C15H20BrNO2. The first-order chi connectivity index (χ1) is 9.22. The van der Waals surface area contributed by atoms with Crippen LogP contribution in [0.2, 0.25) is 0 Å². The minimum absolute atomic E-state index is 0.0685. The first-order valence-corrected chi connectivity index (χ1v) is 7.80. The van der Waals surface area contributed by atoms with Gasteiger partial charge in [0.1, 0.15) is 12.4 Å². The second-order valence-electron chi connectivity index (χ2n) is 5.63. The molecule has 104 valence electrons. The number of ether oxygens (including phenoxy) is 1. The second-order valence-corrected chi connectivity index (χ2v) is 6.55. The molecule has 0 spiro atoms. The quantitative estimate of drug-likeness (QED) is 0.923. The molecule has 3 nitrogen and oxygen atoms in total. The maximum absolute atomic E-state index is 9.89. The van der Waals surface area contributed by atoms with Gasteiger partial charge >= 0.3 is 0 Å². The number of hydrogen-bond donors (Lipinski definition) is 1. The predicted molar refractivity (Wildman–Crippen MR) is 78.3 cm³/mol. The second kappa shape index (κ2) is 5.81. The van der Waals surface area contributed by atoms with E-state index in [0.717, 1.165) is 36.3 Å². The molecule has 1 saturated heterocycles. The van der Waals surface area contributed by atoms with Crippen molar-refractivity contribution in [1.29, 1.82) is 0 Å². The lowest BCUT2D eigenvalue weighted by Gasteiger charge is -2.18. The van der Waals surface area contributed by atoms with Crippen molar-refractivity contribution in [3.63, 3.8) is 0 Å². The van der Waals surface area contributed by atoms with E-state index in [2.05, 4.69) is 20.8 Å². The number of hydrogen-bond acceptors (Lipinski definition) is 3. The SMILES string of the molecule is OC1CCC2CN(CCOc3cccc(Br)c3)CC12. The molecule has 0 bridgehead atoms. The summed E-state index contributed by atoms with van der Waals surface area (Å²) >= 11 is 3.44. The summed E-state index contributed by atoms with van der Waals surface area (Å²) in [5.41, 5.74) is 0. The highest BCUT2D eigenvalue weighted by Crippen LogP contribution is 2.37. The molecule has 1 aliphatic carbocycles. The van der Waals surface area contributed by atoms with Crippen LogP contribution in [-0.4, -0.2) is 42.4 Å². The lowest BCUT2D eigenvalue weighted by molar-refractivity contribution is 0.122. The molecule has 1 N–H and O–H groups in total. The van der Waals surface area contributed by atoms with Gasteiger partial charge < -0.3 is 9.84 Å². The number of halogens is 1. The van der Waals surface area contributed by atoms with Gasteiger partial charge in [-0.25, -0.2) is 0 Å². The van der Waals surface area contributed by atoms with E-state index in [1.165, 1.54) is 6.42 Å². The van der Waals surface area contributed by atoms with Crippen LogP contribution < -0.4 is 4.74 Å². The van der Waals surface area contributed by atoms with Crippen molar-refractivity contribution in [1.82, 2.24) is 4.90 Å². The van der Waals surface area contributed by atoms with Crippen LogP contribution in [-0.2, 0) is 0 Å². The number of aliphatic hydroxyl groups is 1. The van der Waals surface area contributed by atoms with Gasteiger partial charge in [0.25, 0.3) is 0 Å². The van der Waals surface area contributed by atoms with Crippen molar-refractivity contribution < 1.29 is 9.84 Å². The highest BCUT2D eigenvalue weighted by molar-refractivity contribution is 9.10. The first-order valence-electron chi connectivity index (χ1n) is 7.01. The summed E-state index contributed by atoms with van der Waals surface area (Å²) < 4.78 is 6.81. The molecule has 1 aromatic rings. The van der Waals surface area contributed by atoms with E-state index in [4.69, 9.17) is 4.74 Å². The highest BCUT2D eigenvalue weighted by atomic mass is 79.9. The number of benzene rings is 1. The normalized spacial score (nSPS) is 30.5. The fourth-order valence-corrected chi connectivity index (χ4v) is 3.74. The van der Waals surface area contributed by atoms with Crippen LogP contribution in [0.1, 0.15) is 12.8 Å². The fraction of sp³-hybridized carbons (Fsp3) is 0.600. The van der Waals surface area contributed by atoms with Gasteiger partial charge in [-0.05, 0) is 37.0 Å². The van der Waals surface area contributed by atoms with E-state index in [1.54, 1.807) is 0 Å². The molecule has 1 heterocycles. The summed E-state index contributed by atoms with van der Waals surface area (Å²) in [5, 5.41) is 9.89. The Balaban J connectivity index is 1.44. The van der Waals surface area contributed by atoms with E-state index in [1.807, 2.05) is 24.3 Å². The molecular weight excluding hydrogens is 306 g/mol. The molecule has 19 heavy (non-hydrogen) atoms. The molecule has 0 radical (unpaired) electrons. The van der Waals surface area contributed by atoms with Crippen molar-refractivity contribution in [3.05, 3.63) is 28.7 Å². The van der Waals surface area contributed by atoms with Gasteiger partial charge in [-0.1, -0.05) is 22.0 Å².